The highest BCUT2D eigenvalue weighted by Gasteiger charge is 2.37. The number of piperazine rings is 1. The summed E-state index contributed by atoms with van der Waals surface area (Å²) in [7, 11) is 0. The number of hydrogen-bond acceptors (Lipinski definition) is 7. The molecule has 0 spiro atoms. The first-order valence-electron chi connectivity index (χ1n) is 10.8. The summed E-state index contributed by atoms with van der Waals surface area (Å²) in [5, 5.41) is 6.35. The van der Waals surface area contributed by atoms with Gasteiger partial charge in [-0.1, -0.05) is 34.3 Å². The van der Waals surface area contributed by atoms with Crippen LogP contribution < -0.4 is 0 Å². The first-order chi connectivity index (χ1) is 15.0. The zero-order valence-electron chi connectivity index (χ0n) is 18.5. The Bertz CT molecular complexity index is 887. The van der Waals surface area contributed by atoms with Crippen LogP contribution in [0.15, 0.2) is 29.6 Å². The number of carbonyl (C=O) groups is 2. The number of likely N-dealkylation sites (tertiary alicyclic amines) is 1. The Morgan fingerprint density at radius 2 is 1.72 bits per heavy atom. The Kier molecular flexibility index (Phi) is 8.44. The molecule has 2 saturated heterocycles. The van der Waals surface area contributed by atoms with Crippen LogP contribution in [0, 0.1) is 6.92 Å². The zero-order chi connectivity index (χ0) is 21.8. The first kappa shape index (κ1) is 24.4. The predicted molar refractivity (Wildman–Crippen MR) is 125 cm³/mol. The number of ether oxygens (including phenoxy) is 1. The molecule has 10 heteroatoms. The van der Waals surface area contributed by atoms with E-state index in [1.807, 2.05) is 10.3 Å². The fourth-order valence-electron chi connectivity index (χ4n) is 4.44. The molecule has 0 aliphatic carbocycles. The van der Waals surface area contributed by atoms with E-state index in [0.717, 1.165) is 18.8 Å². The monoisotopic (exact) mass is 479 g/mol. The lowest BCUT2D eigenvalue weighted by molar-refractivity contribution is -0.133. The number of carbonyl (C=O) groups excluding carboxylic acids is 2. The molecule has 0 N–H and O–H groups in total. The van der Waals surface area contributed by atoms with Crippen LogP contribution in [-0.4, -0.2) is 88.7 Å². The number of halogens is 1. The molecule has 0 unspecified atom stereocenters. The van der Waals surface area contributed by atoms with Gasteiger partial charge < -0.3 is 14.5 Å². The van der Waals surface area contributed by atoms with Crippen molar-refractivity contribution in [2.75, 3.05) is 52.4 Å². The van der Waals surface area contributed by atoms with Gasteiger partial charge in [0.1, 0.15) is 0 Å². The minimum atomic E-state index is -0.296. The van der Waals surface area contributed by atoms with Crippen molar-refractivity contribution in [1.82, 2.24) is 24.3 Å². The lowest BCUT2D eigenvalue weighted by Crippen LogP contribution is -2.52. The van der Waals surface area contributed by atoms with Gasteiger partial charge in [-0.25, -0.2) is 4.79 Å². The second-order valence-corrected chi connectivity index (χ2v) is 8.82. The zero-order valence-corrected chi connectivity index (χ0v) is 20.1. The van der Waals surface area contributed by atoms with Crippen molar-refractivity contribution >= 4 is 35.9 Å². The van der Waals surface area contributed by atoms with Crippen LogP contribution in [0.5, 0.6) is 0 Å². The highest BCUT2D eigenvalue weighted by Crippen LogP contribution is 2.39. The minimum Gasteiger partial charge on any atom is -0.450 e. The van der Waals surface area contributed by atoms with Crippen molar-refractivity contribution in [3.05, 3.63) is 46.5 Å². The Hall–Kier alpha value is -2.23. The predicted octanol–water partition coefficient (Wildman–Crippen LogP) is 2.75. The normalized spacial score (nSPS) is 21.3. The minimum absolute atomic E-state index is 0. The molecule has 32 heavy (non-hydrogen) atoms. The average Bonchev–Trinajstić information content (AvgIpc) is 3.44. The van der Waals surface area contributed by atoms with Gasteiger partial charge in [0.25, 0.3) is 0 Å². The summed E-state index contributed by atoms with van der Waals surface area (Å²) >= 11 is 1.37. The Morgan fingerprint density at radius 3 is 2.34 bits per heavy atom. The second kappa shape index (κ2) is 11.1. The highest BCUT2D eigenvalue weighted by atomic mass is 35.5. The smallest absolute Gasteiger partial charge is 0.409 e. The van der Waals surface area contributed by atoms with E-state index in [0.29, 0.717) is 39.3 Å². The number of aromatic nitrogens is 2. The van der Waals surface area contributed by atoms with Gasteiger partial charge in [0, 0.05) is 56.5 Å². The van der Waals surface area contributed by atoms with Gasteiger partial charge in [0.05, 0.1) is 18.8 Å². The van der Waals surface area contributed by atoms with E-state index in [1.165, 1.54) is 22.7 Å². The molecule has 174 valence electrons. The van der Waals surface area contributed by atoms with Crippen LogP contribution in [0.1, 0.15) is 35.6 Å². The maximum Gasteiger partial charge on any atom is 0.409 e. The van der Waals surface area contributed by atoms with Crippen LogP contribution in [-0.2, 0) is 9.53 Å². The van der Waals surface area contributed by atoms with E-state index in [1.54, 1.807) is 11.8 Å². The molecular formula is C22H30ClN5O3S. The average molecular weight is 480 g/mol. The third kappa shape index (κ3) is 5.57. The molecule has 2 aliphatic heterocycles. The summed E-state index contributed by atoms with van der Waals surface area (Å²) in [5.41, 5.74) is 3.53. The Morgan fingerprint density at radius 1 is 1.06 bits per heavy atom. The molecule has 2 atom stereocenters. The molecule has 2 amide bonds. The number of hydrogen-bond donors (Lipinski definition) is 0. The number of aryl methyl sites for hydroxylation is 1. The van der Waals surface area contributed by atoms with E-state index in [-0.39, 0.29) is 36.2 Å². The van der Waals surface area contributed by atoms with Crippen LogP contribution in [0.2, 0.25) is 0 Å². The van der Waals surface area contributed by atoms with E-state index in [2.05, 4.69) is 45.7 Å². The molecular weight excluding hydrogens is 450 g/mol. The van der Waals surface area contributed by atoms with Crippen molar-refractivity contribution in [2.24, 2.45) is 0 Å². The van der Waals surface area contributed by atoms with Crippen LogP contribution >= 0.6 is 23.9 Å². The number of rotatable bonds is 5. The Labute approximate surface area is 199 Å². The molecule has 0 radical (unpaired) electrons. The largest absolute Gasteiger partial charge is 0.450 e. The first-order valence-corrected chi connectivity index (χ1v) is 11.6. The third-order valence-corrected chi connectivity index (χ3v) is 6.70. The summed E-state index contributed by atoms with van der Waals surface area (Å²) in [6.07, 6.45) is -0.296. The van der Waals surface area contributed by atoms with Gasteiger partial charge in [-0.3, -0.25) is 9.69 Å². The maximum atomic E-state index is 13.0. The molecule has 8 nitrogen and oxygen atoms in total. The molecule has 1 aromatic heterocycles. The summed E-state index contributed by atoms with van der Waals surface area (Å²) in [5.74, 6) is 0.635. The lowest BCUT2D eigenvalue weighted by atomic mass is 9.87. The summed E-state index contributed by atoms with van der Waals surface area (Å²) < 4.78 is 9.12. The topological polar surface area (TPSA) is 78.9 Å². The molecule has 4 rings (SSSR count). The number of benzene rings is 1. The van der Waals surface area contributed by atoms with E-state index in [9.17, 15) is 9.59 Å². The molecule has 3 heterocycles. The van der Waals surface area contributed by atoms with Gasteiger partial charge in [0.2, 0.25) is 5.91 Å². The lowest BCUT2D eigenvalue weighted by Gasteiger charge is -2.34. The molecule has 1 aromatic carbocycles. The molecule has 0 saturated carbocycles. The van der Waals surface area contributed by atoms with Gasteiger partial charge in [-0.15, -0.1) is 17.5 Å². The van der Waals surface area contributed by atoms with Gasteiger partial charge in [0.15, 0.2) is 0 Å². The fraction of sp³-hybridized carbons (Fsp3) is 0.545. The van der Waals surface area contributed by atoms with E-state index >= 15 is 0 Å². The van der Waals surface area contributed by atoms with Crippen LogP contribution in [0.25, 0.3) is 0 Å². The van der Waals surface area contributed by atoms with Crippen molar-refractivity contribution in [1.29, 1.82) is 0 Å². The number of amides is 2. The molecule has 2 fully saturated rings. The van der Waals surface area contributed by atoms with Crippen molar-refractivity contribution in [2.45, 2.75) is 25.7 Å². The molecule has 2 aliphatic rings. The summed E-state index contributed by atoms with van der Waals surface area (Å²) in [4.78, 5) is 30.6. The quantitative estimate of drug-likeness (QED) is 0.656. The van der Waals surface area contributed by atoms with Crippen LogP contribution in [0.4, 0.5) is 4.79 Å². The van der Waals surface area contributed by atoms with Crippen molar-refractivity contribution < 1.29 is 14.3 Å². The summed E-state index contributed by atoms with van der Waals surface area (Å²) in [6, 6.07) is 8.66. The fourth-order valence-corrected chi connectivity index (χ4v) is 4.96. The molecule has 2 aromatic rings. The van der Waals surface area contributed by atoms with E-state index in [4.69, 9.17) is 4.74 Å². The summed E-state index contributed by atoms with van der Waals surface area (Å²) in [6.45, 7) is 8.38. The maximum absolute atomic E-state index is 13.0. The highest BCUT2D eigenvalue weighted by molar-refractivity contribution is 7.03. The van der Waals surface area contributed by atoms with Gasteiger partial charge >= 0.3 is 6.09 Å². The van der Waals surface area contributed by atoms with Gasteiger partial charge in [-0.05, 0) is 30.9 Å². The van der Waals surface area contributed by atoms with Crippen LogP contribution in [0.3, 0.4) is 0 Å². The van der Waals surface area contributed by atoms with E-state index < -0.39 is 0 Å². The van der Waals surface area contributed by atoms with Crippen molar-refractivity contribution in [3.63, 3.8) is 0 Å². The van der Waals surface area contributed by atoms with Crippen molar-refractivity contribution in [3.8, 4) is 0 Å². The van der Waals surface area contributed by atoms with Gasteiger partial charge in [-0.2, -0.15) is 0 Å². The standard InChI is InChI=1S/C22H29N5O3S.ClH/c1-3-30-22(29)27-10-8-26(9-11-27)21(28)14-25-12-18(17-6-4-16(2)5-7-17)19(13-25)20-15-31-24-23-20;/h4-7,15,18-19H,3,8-14H2,1-2H3;1H/t18-,19+;/m0./s1. The SMILES string of the molecule is CCOC(=O)N1CCN(C(=O)CN2C[C@@H](c3ccc(C)cc3)[C@H](c3csnn3)C2)CC1.Cl. The second-order valence-electron chi connectivity index (χ2n) is 8.21. The Balaban J connectivity index is 0.00000289. The molecule has 0 bridgehead atoms. The third-order valence-electron chi connectivity index (χ3n) is 6.18. The number of nitrogens with zero attached hydrogens (tertiary/aromatic N) is 5.